The van der Waals surface area contributed by atoms with Gasteiger partial charge < -0.3 is 24.8 Å². The number of benzene rings is 2. The number of aryl methyl sites for hydroxylation is 1. The normalized spacial score (nSPS) is 17.9. The summed E-state index contributed by atoms with van der Waals surface area (Å²) in [5.74, 6) is 0.410. The first-order chi connectivity index (χ1) is 22.0. The van der Waals surface area contributed by atoms with Crippen molar-refractivity contribution >= 4 is 34.9 Å². The smallest absolute Gasteiger partial charge is 0.250 e. The van der Waals surface area contributed by atoms with Crippen LogP contribution in [-0.4, -0.2) is 67.5 Å². The minimum Gasteiger partial charge on any atom is -0.378 e. The molecule has 0 saturated carbocycles. The molecule has 0 aliphatic carbocycles. The van der Waals surface area contributed by atoms with E-state index < -0.39 is 0 Å². The van der Waals surface area contributed by atoms with Crippen molar-refractivity contribution in [3.05, 3.63) is 88.5 Å². The Morgan fingerprint density at radius 1 is 1.00 bits per heavy atom. The van der Waals surface area contributed by atoms with Crippen LogP contribution in [0.2, 0.25) is 0 Å². The molecule has 7 nitrogen and oxygen atoms in total. The van der Waals surface area contributed by atoms with Crippen molar-refractivity contribution in [1.29, 1.82) is 0 Å². The molecule has 0 amide bonds. The lowest BCUT2D eigenvalue weighted by Gasteiger charge is -2.36. The number of rotatable bonds is 8. The van der Waals surface area contributed by atoms with Gasteiger partial charge >= 0.3 is 0 Å². The van der Waals surface area contributed by atoms with Crippen LogP contribution in [0, 0.1) is 12.8 Å². The molecule has 2 saturated heterocycles. The first-order valence-electron chi connectivity index (χ1n) is 15.7. The van der Waals surface area contributed by atoms with Gasteiger partial charge in [-0.1, -0.05) is 41.7 Å². The molecule has 3 aliphatic heterocycles. The van der Waals surface area contributed by atoms with Gasteiger partial charge in [0.2, 0.25) is 5.56 Å². The molecule has 2 N–H and O–H groups in total. The number of hydrogen-bond acceptors (Lipinski definition) is 8. The molecule has 2 aromatic heterocycles. The number of nitrogens with one attached hydrogen (secondary N) is 2. The topological polar surface area (TPSA) is 73.5 Å². The van der Waals surface area contributed by atoms with E-state index in [2.05, 4.69) is 81.6 Å². The van der Waals surface area contributed by atoms with Crippen LogP contribution >= 0.6 is 23.5 Å². The third kappa shape index (κ3) is 6.79. The van der Waals surface area contributed by atoms with Gasteiger partial charge in [-0.2, -0.15) is 0 Å². The first-order valence-corrected chi connectivity index (χ1v) is 17.3. The summed E-state index contributed by atoms with van der Waals surface area (Å²) in [5.41, 5.74) is 5.98. The summed E-state index contributed by atoms with van der Waals surface area (Å²) in [5, 5.41) is 3.86. The van der Waals surface area contributed by atoms with E-state index in [-0.39, 0.29) is 18.3 Å². The van der Waals surface area contributed by atoms with E-state index in [0.29, 0.717) is 25.7 Å². The van der Waals surface area contributed by atoms with E-state index in [0.717, 1.165) is 77.8 Å². The van der Waals surface area contributed by atoms with Crippen molar-refractivity contribution in [1.82, 2.24) is 14.9 Å². The molecule has 4 aromatic rings. The zero-order chi connectivity index (χ0) is 30.8. The van der Waals surface area contributed by atoms with E-state index in [1.54, 1.807) is 29.6 Å². The van der Waals surface area contributed by atoms with Gasteiger partial charge in [-0.15, -0.1) is 0 Å². The van der Waals surface area contributed by atoms with Crippen molar-refractivity contribution < 1.29 is 9.13 Å². The number of fused-ring (bicyclic) bond motifs is 2. The predicted octanol–water partition coefficient (Wildman–Crippen LogP) is 7.03. The second-order valence-electron chi connectivity index (χ2n) is 12.0. The maximum atomic E-state index is 13.0. The molecule has 0 spiro atoms. The number of anilines is 2. The molecular weight excluding hydrogens is 606 g/mol. The lowest BCUT2D eigenvalue weighted by molar-refractivity contribution is 0.122. The van der Waals surface area contributed by atoms with Gasteiger partial charge in [-0.3, -0.25) is 9.78 Å². The number of alkyl halides is 1. The number of aromatic amines is 1. The van der Waals surface area contributed by atoms with Gasteiger partial charge in [0.15, 0.2) is 0 Å². The minimum absolute atomic E-state index is 0.0758. The van der Waals surface area contributed by atoms with Crippen molar-refractivity contribution in [2.75, 3.05) is 62.8 Å². The van der Waals surface area contributed by atoms with Gasteiger partial charge in [-0.05, 0) is 80.7 Å². The summed E-state index contributed by atoms with van der Waals surface area (Å²) >= 11 is 3.53. The molecule has 3 aliphatic rings. The maximum Gasteiger partial charge on any atom is 0.250 e. The molecule has 2 aromatic carbocycles. The van der Waals surface area contributed by atoms with E-state index in [4.69, 9.17) is 9.72 Å². The fraction of sp³-hybridized carbons (Fsp3) is 0.371. The Balaban J connectivity index is 1.14. The fourth-order valence-corrected chi connectivity index (χ4v) is 8.90. The summed E-state index contributed by atoms with van der Waals surface area (Å²) in [4.78, 5) is 29.8. The second-order valence-corrected chi connectivity index (χ2v) is 14.1. The highest BCUT2D eigenvalue weighted by molar-refractivity contribution is 8.05. The standard InChI is InChI=1S/C35H38FN5O2S2/c1-23-5-7-28(37-22-23)34(24-9-12-40(13-10-24)14-11-36)38-25-6-8-30-32(19-25)44-31-4-2-3-27(35(31)45-30)29-20-26(21-33(42)39-29)41-15-17-43-18-16-41/h2-8,19-22,24,34,38H,9-18H2,1H3,(H,39,42). The van der Waals surface area contributed by atoms with Crippen molar-refractivity contribution in [3.63, 3.8) is 0 Å². The Hall–Kier alpha value is -3.31. The van der Waals surface area contributed by atoms with E-state index >= 15 is 0 Å². The second kappa shape index (κ2) is 13.6. The Bertz CT molecular complexity index is 1700. The number of aromatic nitrogens is 2. The van der Waals surface area contributed by atoms with Gasteiger partial charge in [0.1, 0.15) is 6.67 Å². The quantitative estimate of drug-likeness (QED) is 0.187. The minimum atomic E-state index is -0.292. The SMILES string of the molecule is Cc1ccc(C(Nc2ccc3c(c2)Sc2cccc(-c4cc(N5CCOCC5)cc(=O)[nH]4)c2S3)C2CCN(CCF)CC2)nc1. The van der Waals surface area contributed by atoms with Crippen LogP contribution in [0.4, 0.5) is 15.8 Å². The number of H-pyrrole nitrogens is 1. The highest BCUT2D eigenvalue weighted by atomic mass is 32.2. The number of likely N-dealkylation sites (tertiary alicyclic amines) is 1. The van der Waals surface area contributed by atoms with Crippen LogP contribution < -0.4 is 15.8 Å². The average Bonchev–Trinajstić information content (AvgIpc) is 3.07. The van der Waals surface area contributed by atoms with Crippen LogP contribution in [0.25, 0.3) is 11.3 Å². The first kappa shape index (κ1) is 30.3. The third-order valence-corrected chi connectivity index (χ3v) is 11.5. The predicted molar refractivity (Wildman–Crippen MR) is 181 cm³/mol. The molecule has 5 heterocycles. The zero-order valence-electron chi connectivity index (χ0n) is 25.4. The zero-order valence-corrected chi connectivity index (χ0v) is 27.1. The Labute approximate surface area is 272 Å². The molecule has 234 valence electrons. The molecule has 7 rings (SSSR count). The molecule has 1 unspecified atom stereocenters. The van der Waals surface area contributed by atoms with Crippen molar-refractivity contribution in [2.24, 2.45) is 5.92 Å². The van der Waals surface area contributed by atoms with Crippen LogP contribution in [0.3, 0.4) is 0 Å². The fourth-order valence-electron chi connectivity index (χ4n) is 6.49. The molecule has 10 heteroatoms. The number of nitrogens with zero attached hydrogens (tertiary/aromatic N) is 3. The lowest BCUT2D eigenvalue weighted by atomic mass is 9.87. The maximum absolute atomic E-state index is 13.0. The number of hydrogen-bond donors (Lipinski definition) is 2. The summed E-state index contributed by atoms with van der Waals surface area (Å²) in [6.45, 7) is 7.02. The summed E-state index contributed by atoms with van der Waals surface area (Å²) < 4.78 is 18.5. The molecular formula is C35H38FN5O2S2. The van der Waals surface area contributed by atoms with Crippen LogP contribution in [-0.2, 0) is 4.74 Å². The molecule has 0 radical (unpaired) electrons. The lowest BCUT2D eigenvalue weighted by Crippen LogP contribution is -2.38. The number of morpholine rings is 1. The largest absolute Gasteiger partial charge is 0.378 e. The third-order valence-electron chi connectivity index (χ3n) is 8.93. The van der Waals surface area contributed by atoms with Gasteiger partial charge in [0.25, 0.3) is 0 Å². The van der Waals surface area contributed by atoms with Crippen molar-refractivity contribution in [2.45, 2.75) is 45.4 Å². The average molecular weight is 644 g/mol. The summed E-state index contributed by atoms with van der Waals surface area (Å²) in [6, 6.07) is 21.1. The van der Waals surface area contributed by atoms with Crippen LogP contribution in [0.15, 0.2) is 91.2 Å². The Morgan fingerprint density at radius 2 is 1.84 bits per heavy atom. The molecule has 45 heavy (non-hydrogen) atoms. The number of ether oxygens (including phenoxy) is 1. The molecule has 0 bridgehead atoms. The number of pyridine rings is 2. The van der Waals surface area contributed by atoms with Gasteiger partial charge in [-0.25, -0.2) is 4.39 Å². The highest BCUT2D eigenvalue weighted by Crippen LogP contribution is 2.52. The van der Waals surface area contributed by atoms with Crippen LogP contribution in [0.5, 0.6) is 0 Å². The highest BCUT2D eigenvalue weighted by Gasteiger charge is 2.29. The van der Waals surface area contributed by atoms with Crippen molar-refractivity contribution in [3.8, 4) is 11.3 Å². The van der Waals surface area contributed by atoms with Gasteiger partial charge in [0, 0.05) is 68.4 Å². The monoisotopic (exact) mass is 643 g/mol. The van der Waals surface area contributed by atoms with E-state index in [1.807, 2.05) is 6.20 Å². The summed E-state index contributed by atoms with van der Waals surface area (Å²) in [6.07, 6.45) is 3.96. The van der Waals surface area contributed by atoms with Gasteiger partial charge in [0.05, 0.1) is 30.6 Å². The molecule has 1 atom stereocenters. The summed E-state index contributed by atoms with van der Waals surface area (Å²) in [7, 11) is 0. The van der Waals surface area contributed by atoms with E-state index in [9.17, 15) is 9.18 Å². The number of halogens is 1. The number of piperidine rings is 1. The van der Waals surface area contributed by atoms with Crippen LogP contribution in [0.1, 0.15) is 30.1 Å². The van der Waals surface area contributed by atoms with E-state index in [1.165, 1.54) is 14.7 Å². The molecule has 2 fully saturated rings. The Kier molecular flexibility index (Phi) is 9.16. The Morgan fingerprint density at radius 3 is 2.62 bits per heavy atom.